The highest BCUT2D eigenvalue weighted by atomic mass is 16.5. The van der Waals surface area contributed by atoms with E-state index < -0.39 is 0 Å². The van der Waals surface area contributed by atoms with E-state index in [1.165, 1.54) is 0 Å². The number of ether oxygens (including phenoxy) is 1. The minimum atomic E-state index is -0.141. The lowest BCUT2D eigenvalue weighted by atomic mass is 9.88. The van der Waals surface area contributed by atoms with E-state index in [2.05, 4.69) is 11.9 Å². The van der Waals surface area contributed by atoms with Crippen LogP contribution in [0, 0.1) is 0 Å². The van der Waals surface area contributed by atoms with E-state index in [-0.39, 0.29) is 18.6 Å². The molecule has 0 saturated heterocycles. The van der Waals surface area contributed by atoms with Gasteiger partial charge in [0.2, 0.25) is 0 Å². The van der Waals surface area contributed by atoms with Crippen molar-refractivity contribution in [2.24, 2.45) is 5.73 Å². The van der Waals surface area contributed by atoms with Gasteiger partial charge in [0.25, 0.3) is 5.91 Å². The summed E-state index contributed by atoms with van der Waals surface area (Å²) < 4.78 is 5.61. The molecular formula is C15H20N2O2. The second kappa shape index (κ2) is 6.38. The molecular weight excluding hydrogens is 240 g/mol. The summed E-state index contributed by atoms with van der Waals surface area (Å²) in [4.78, 5) is 11.5. The Morgan fingerprint density at radius 3 is 3.21 bits per heavy atom. The van der Waals surface area contributed by atoms with Crippen LogP contribution < -0.4 is 15.8 Å². The molecule has 0 aliphatic heterocycles. The molecule has 0 saturated carbocycles. The van der Waals surface area contributed by atoms with Crippen molar-refractivity contribution in [1.29, 1.82) is 0 Å². The number of carbonyl (C=O) groups excluding carboxylic acids is 1. The second-order valence-corrected chi connectivity index (χ2v) is 4.70. The highest BCUT2D eigenvalue weighted by Gasteiger charge is 2.20. The van der Waals surface area contributed by atoms with Gasteiger partial charge >= 0.3 is 0 Å². The smallest absolute Gasteiger partial charge is 0.258 e. The molecule has 0 radical (unpaired) electrons. The summed E-state index contributed by atoms with van der Waals surface area (Å²) in [7, 11) is 0. The molecule has 0 aromatic heterocycles. The van der Waals surface area contributed by atoms with Gasteiger partial charge in [-0.3, -0.25) is 4.79 Å². The Bertz CT molecular complexity index is 471. The fourth-order valence-corrected chi connectivity index (χ4v) is 2.37. The van der Waals surface area contributed by atoms with Crippen LogP contribution in [0.3, 0.4) is 0 Å². The van der Waals surface area contributed by atoms with Gasteiger partial charge in [-0.1, -0.05) is 18.2 Å². The molecule has 1 amide bonds. The minimum absolute atomic E-state index is 0.0273. The lowest BCUT2D eigenvalue weighted by Crippen LogP contribution is -2.29. The zero-order valence-corrected chi connectivity index (χ0v) is 11.0. The van der Waals surface area contributed by atoms with Crippen molar-refractivity contribution in [3.05, 3.63) is 42.0 Å². The Hall–Kier alpha value is -1.81. The molecule has 1 aliphatic carbocycles. The van der Waals surface area contributed by atoms with Gasteiger partial charge in [0, 0.05) is 12.6 Å². The molecule has 0 spiro atoms. The summed E-state index contributed by atoms with van der Waals surface area (Å²) in [6, 6.07) is 5.96. The van der Waals surface area contributed by atoms with Crippen molar-refractivity contribution in [1.82, 2.24) is 5.32 Å². The van der Waals surface area contributed by atoms with E-state index >= 15 is 0 Å². The van der Waals surface area contributed by atoms with Crippen LogP contribution in [0.15, 0.2) is 30.9 Å². The average molecular weight is 260 g/mol. The third kappa shape index (κ3) is 3.35. The van der Waals surface area contributed by atoms with Gasteiger partial charge in [-0.2, -0.15) is 0 Å². The van der Waals surface area contributed by atoms with Crippen LogP contribution in [-0.4, -0.2) is 19.1 Å². The molecule has 4 nitrogen and oxygen atoms in total. The summed E-state index contributed by atoms with van der Waals surface area (Å²) in [6.45, 7) is 4.03. The lowest BCUT2D eigenvalue weighted by Gasteiger charge is -2.24. The number of benzene rings is 1. The summed E-state index contributed by atoms with van der Waals surface area (Å²) in [5, 5.41) is 2.68. The van der Waals surface area contributed by atoms with E-state index in [4.69, 9.17) is 10.5 Å². The molecule has 0 bridgehead atoms. The molecule has 1 unspecified atom stereocenters. The molecule has 0 fully saturated rings. The SMILES string of the molecule is C=CCNC(=O)COc1cccc2c1CCCC2N. The van der Waals surface area contributed by atoms with Crippen molar-refractivity contribution in [2.75, 3.05) is 13.2 Å². The third-order valence-corrected chi connectivity index (χ3v) is 3.31. The number of fused-ring (bicyclic) bond motifs is 1. The Morgan fingerprint density at radius 1 is 1.58 bits per heavy atom. The zero-order valence-electron chi connectivity index (χ0n) is 11.0. The van der Waals surface area contributed by atoms with Gasteiger partial charge in [-0.15, -0.1) is 6.58 Å². The van der Waals surface area contributed by atoms with Crippen LogP contribution in [0.1, 0.15) is 30.0 Å². The normalized spacial score (nSPS) is 17.4. The molecule has 1 aromatic carbocycles. The Balaban J connectivity index is 2.03. The van der Waals surface area contributed by atoms with Crippen molar-refractivity contribution in [3.8, 4) is 5.75 Å². The topological polar surface area (TPSA) is 64.3 Å². The first-order chi connectivity index (χ1) is 9.22. The predicted octanol–water partition coefficient (Wildman–Crippen LogP) is 1.70. The summed E-state index contributed by atoms with van der Waals surface area (Å²) in [5.74, 6) is 0.638. The molecule has 1 aliphatic rings. The first-order valence-electron chi connectivity index (χ1n) is 6.60. The Morgan fingerprint density at radius 2 is 2.42 bits per heavy atom. The second-order valence-electron chi connectivity index (χ2n) is 4.70. The number of nitrogens with one attached hydrogen (secondary N) is 1. The zero-order chi connectivity index (χ0) is 13.7. The lowest BCUT2D eigenvalue weighted by molar-refractivity contribution is -0.122. The van der Waals surface area contributed by atoms with Crippen molar-refractivity contribution in [2.45, 2.75) is 25.3 Å². The number of hydrogen-bond acceptors (Lipinski definition) is 3. The largest absolute Gasteiger partial charge is 0.483 e. The minimum Gasteiger partial charge on any atom is -0.483 e. The highest BCUT2D eigenvalue weighted by Crippen LogP contribution is 2.33. The maximum Gasteiger partial charge on any atom is 0.258 e. The monoisotopic (exact) mass is 260 g/mol. The summed E-state index contributed by atoms with van der Waals surface area (Å²) in [5.41, 5.74) is 8.39. The number of carbonyl (C=O) groups is 1. The van der Waals surface area contributed by atoms with Crippen molar-refractivity contribution >= 4 is 5.91 Å². The maximum absolute atomic E-state index is 11.5. The van der Waals surface area contributed by atoms with Crippen LogP contribution in [0.5, 0.6) is 5.75 Å². The first-order valence-corrected chi connectivity index (χ1v) is 6.60. The quantitative estimate of drug-likeness (QED) is 0.792. The van der Waals surface area contributed by atoms with Crippen molar-refractivity contribution in [3.63, 3.8) is 0 Å². The summed E-state index contributed by atoms with van der Waals surface area (Å²) in [6.07, 6.45) is 4.68. The van der Waals surface area contributed by atoms with Crippen molar-refractivity contribution < 1.29 is 9.53 Å². The fraction of sp³-hybridized carbons (Fsp3) is 0.400. The number of amides is 1. The Labute approximate surface area is 113 Å². The first kappa shape index (κ1) is 13.6. The van der Waals surface area contributed by atoms with E-state index in [0.29, 0.717) is 6.54 Å². The van der Waals surface area contributed by atoms with Crippen LogP contribution in [0.4, 0.5) is 0 Å². The molecule has 19 heavy (non-hydrogen) atoms. The molecule has 0 heterocycles. The van der Waals surface area contributed by atoms with Crippen LogP contribution in [-0.2, 0) is 11.2 Å². The number of rotatable bonds is 5. The number of hydrogen-bond donors (Lipinski definition) is 2. The van der Waals surface area contributed by atoms with E-state index in [0.717, 1.165) is 36.1 Å². The highest BCUT2D eigenvalue weighted by molar-refractivity contribution is 5.77. The molecule has 4 heteroatoms. The van der Waals surface area contributed by atoms with Gasteiger partial charge in [0.1, 0.15) is 5.75 Å². The van der Waals surface area contributed by atoms with Crippen LogP contribution in [0.25, 0.3) is 0 Å². The van der Waals surface area contributed by atoms with Gasteiger partial charge < -0.3 is 15.8 Å². The Kier molecular flexibility index (Phi) is 4.58. The predicted molar refractivity (Wildman–Crippen MR) is 75.0 cm³/mol. The van der Waals surface area contributed by atoms with Gasteiger partial charge in [-0.25, -0.2) is 0 Å². The average Bonchev–Trinajstić information content (AvgIpc) is 2.43. The molecule has 2 rings (SSSR count). The molecule has 3 N–H and O–H groups in total. The van der Waals surface area contributed by atoms with Gasteiger partial charge in [0.05, 0.1) is 0 Å². The molecule has 1 atom stereocenters. The molecule has 1 aromatic rings. The third-order valence-electron chi connectivity index (χ3n) is 3.31. The molecule has 102 valence electrons. The van der Waals surface area contributed by atoms with E-state index in [1.807, 2.05) is 18.2 Å². The van der Waals surface area contributed by atoms with Gasteiger partial charge in [-0.05, 0) is 36.5 Å². The van der Waals surface area contributed by atoms with Gasteiger partial charge in [0.15, 0.2) is 6.61 Å². The van der Waals surface area contributed by atoms with Crippen LogP contribution >= 0.6 is 0 Å². The van der Waals surface area contributed by atoms with E-state index in [1.54, 1.807) is 6.08 Å². The van der Waals surface area contributed by atoms with E-state index in [9.17, 15) is 4.79 Å². The maximum atomic E-state index is 11.5. The summed E-state index contributed by atoms with van der Waals surface area (Å²) >= 11 is 0. The van der Waals surface area contributed by atoms with Crippen LogP contribution in [0.2, 0.25) is 0 Å². The fourth-order valence-electron chi connectivity index (χ4n) is 2.37. The standard InChI is InChI=1S/C15H20N2O2/c1-2-9-17-15(18)10-19-14-8-4-5-11-12(14)6-3-7-13(11)16/h2,4-5,8,13H,1,3,6-7,9-10,16H2,(H,17,18). The number of nitrogens with two attached hydrogens (primary N) is 1.